The molecule has 0 saturated heterocycles. The number of aryl methyl sites for hydroxylation is 1. The Hall–Kier alpha value is -1.84. The van der Waals surface area contributed by atoms with E-state index < -0.39 is 18.0 Å². The summed E-state index contributed by atoms with van der Waals surface area (Å²) in [5.41, 5.74) is 8.43. The standard InChI is InChI=1S/C18H18Cl2F3N5O/c19-12-5-9-1-2-10(11(9)6-13(12)20)14(24)7-16(29)27-3-4-28-15(8-27)25-26-17(28)18(21,22)23/h5-6,10,14H,1-4,7-8,24H2. The van der Waals surface area contributed by atoms with Crippen molar-refractivity contribution in [3.63, 3.8) is 0 Å². The van der Waals surface area contributed by atoms with Gasteiger partial charge in [-0.3, -0.25) is 4.79 Å². The normalized spacial score (nSPS) is 19.8. The van der Waals surface area contributed by atoms with Gasteiger partial charge in [-0.15, -0.1) is 10.2 Å². The number of halogens is 5. The Morgan fingerprint density at radius 2 is 1.97 bits per heavy atom. The first-order valence-electron chi connectivity index (χ1n) is 9.15. The van der Waals surface area contributed by atoms with Crippen molar-refractivity contribution >= 4 is 29.1 Å². The summed E-state index contributed by atoms with van der Waals surface area (Å²) < 4.78 is 39.9. The lowest BCUT2D eigenvalue weighted by Gasteiger charge is -2.30. The average molecular weight is 448 g/mol. The van der Waals surface area contributed by atoms with Gasteiger partial charge < -0.3 is 15.2 Å². The Morgan fingerprint density at radius 1 is 1.24 bits per heavy atom. The molecule has 4 rings (SSSR count). The number of amides is 1. The summed E-state index contributed by atoms with van der Waals surface area (Å²) in [6.45, 7) is 0.137. The largest absolute Gasteiger partial charge is 0.451 e. The highest BCUT2D eigenvalue weighted by molar-refractivity contribution is 6.42. The summed E-state index contributed by atoms with van der Waals surface area (Å²) in [6, 6.07) is 3.22. The molecule has 2 atom stereocenters. The minimum Gasteiger partial charge on any atom is -0.333 e. The predicted octanol–water partition coefficient (Wildman–Crippen LogP) is 3.39. The van der Waals surface area contributed by atoms with Crippen LogP contribution in [-0.2, 0) is 30.5 Å². The molecule has 29 heavy (non-hydrogen) atoms. The van der Waals surface area contributed by atoms with Gasteiger partial charge in [0.05, 0.1) is 16.6 Å². The van der Waals surface area contributed by atoms with Gasteiger partial charge in [0.25, 0.3) is 0 Å². The quantitative estimate of drug-likeness (QED) is 0.781. The number of aromatic nitrogens is 3. The Balaban J connectivity index is 1.44. The molecule has 6 nitrogen and oxygen atoms in total. The van der Waals surface area contributed by atoms with Crippen LogP contribution in [0, 0.1) is 0 Å². The molecular formula is C18H18Cl2F3N5O. The van der Waals surface area contributed by atoms with E-state index in [4.69, 9.17) is 28.9 Å². The Bertz CT molecular complexity index is 962. The SMILES string of the molecule is NC(CC(=O)N1CCn2c(nnc2C(F)(F)F)C1)C1CCc2cc(Cl)c(Cl)cc21. The minimum absolute atomic E-state index is 0.00146. The van der Waals surface area contributed by atoms with Gasteiger partial charge in [0.2, 0.25) is 11.7 Å². The fourth-order valence-electron chi connectivity index (χ4n) is 4.13. The van der Waals surface area contributed by atoms with Gasteiger partial charge in [-0.1, -0.05) is 23.2 Å². The molecule has 1 amide bonds. The van der Waals surface area contributed by atoms with E-state index in [0.717, 1.165) is 28.5 Å². The Kier molecular flexibility index (Phi) is 5.25. The zero-order chi connectivity index (χ0) is 20.9. The van der Waals surface area contributed by atoms with Crippen LogP contribution in [0.25, 0.3) is 0 Å². The van der Waals surface area contributed by atoms with Gasteiger partial charge in [0, 0.05) is 31.5 Å². The summed E-state index contributed by atoms with van der Waals surface area (Å²) in [5, 5.41) is 7.77. The smallest absolute Gasteiger partial charge is 0.333 e. The van der Waals surface area contributed by atoms with Gasteiger partial charge in [0.15, 0.2) is 5.82 Å². The number of hydrogen-bond acceptors (Lipinski definition) is 4. The van der Waals surface area contributed by atoms with E-state index in [0.29, 0.717) is 10.0 Å². The van der Waals surface area contributed by atoms with Crippen molar-refractivity contribution in [3.8, 4) is 0 Å². The van der Waals surface area contributed by atoms with Crippen LogP contribution >= 0.6 is 23.2 Å². The van der Waals surface area contributed by atoms with Gasteiger partial charge in [-0.2, -0.15) is 13.2 Å². The molecule has 1 aromatic heterocycles. The van der Waals surface area contributed by atoms with E-state index in [9.17, 15) is 18.0 Å². The predicted molar refractivity (Wildman–Crippen MR) is 101 cm³/mol. The maximum absolute atomic E-state index is 12.9. The second-order valence-corrected chi connectivity index (χ2v) is 8.20. The van der Waals surface area contributed by atoms with Crippen LogP contribution in [0.1, 0.15) is 41.5 Å². The highest BCUT2D eigenvalue weighted by atomic mass is 35.5. The number of carbonyl (C=O) groups is 1. The van der Waals surface area contributed by atoms with Crippen LogP contribution in [0.4, 0.5) is 13.2 Å². The van der Waals surface area contributed by atoms with Gasteiger partial charge in [0.1, 0.15) is 0 Å². The maximum Gasteiger partial charge on any atom is 0.451 e. The first-order valence-corrected chi connectivity index (χ1v) is 9.91. The first kappa shape index (κ1) is 20.4. The van der Waals surface area contributed by atoms with Gasteiger partial charge in [-0.25, -0.2) is 0 Å². The van der Waals surface area contributed by atoms with Crippen molar-refractivity contribution in [2.45, 2.75) is 50.5 Å². The second-order valence-electron chi connectivity index (χ2n) is 7.38. The molecule has 156 valence electrons. The van der Waals surface area contributed by atoms with E-state index in [1.54, 1.807) is 0 Å². The number of alkyl halides is 3. The van der Waals surface area contributed by atoms with E-state index in [-0.39, 0.29) is 43.7 Å². The maximum atomic E-state index is 12.9. The third-order valence-corrected chi connectivity index (χ3v) is 6.32. The van der Waals surface area contributed by atoms with Gasteiger partial charge in [-0.05, 0) is 36.1 Å². The number of rotatable bonds is 3. The zero-order valence-corrected chi connectivity index (χ0v) is 16.7. The van der Waals surface area contributed by atoms with Crippen molar-refractivity contribution in [1.29, 1.82) is 0 Å². The minimum atomic E-state index is -4.57. The Morgan fingerprint density at radius 3 is 2.69 bits per heavy atom. The molecule has 2 heterocycles. The third kappa shape index (κ3) is 3.83. The summed E-state index contributed by atoms with van der Waals surface area (Å²) in [7, 11) is 0. The van der Waals surface area contributed by atoms with Crippen molar-refractivity contribution in [2.75, 3.05) is 6.54 Å². The molecular weight excluding hydrogens is 430 g/mol. The molecule has 1 aliphatic heterocycles. The second kappa shape index (κ2) is 7.45. The number of carbonyl (C=O) groups excluding carboxylic acids is 1. The molecule has 1 aliphatic carbocycles. The monoisotopic (exact) mass is 447 g/mol. The summed E-state index contributed by atoms with van der Waals surface area (Å²) in [6.07, 6.45) is -2.88. The first-order chi connectivity index (χ1) is 13.6. The number of nitrogens with two attached hydrogens (primary N) is 1. The highest BCUT2D eigenvalue weighted by Gasteiger charge is 2.40. The van der Waals surface area contributed by atoms with Crippen molar-refractivity contribution in [2.24, 2.45) is 5.73 Å². The molecule has 0 bridgehead atoms. The summed E-state index contributed by atoms with van der Waals surface area (Å²) >= 11 is 12.2. The molecule has 1 aromatic carbocycles. The molecule has 2 aliphatic rings. The topological polar surface area (TPSA) is 77.0 Å². The van der Waals surface area contributed by atoms with Crippen molar-refractivity contribution < 1.29 is 18.0 Å². The highest BCUT2D eigenvalue weighted by Crippen LogP contribution is 2.40. The number of fused-ring (bicyclic) bond motifs is 2. The van der Waals surface area contributed by atoms with Crippen LogP contribution in [-0.4, -0.2) is 38.2 Å². The fourth-order valence-corrected chi connectivity index (χ4v) is 4.49. The van der Waals surface area contributed by atoms with Crippen LogP contribution in [0.5, 0.6) is 0 Å². The Labute approximate surface area is 174 Å². The molecule has 2 aromatic rings. The van der Waals surface area contributed by atoms with Crippen molar-refractivity contribution in [3.05, 3.63) is 45.0 Å². The van der Waals surface area contributed by atoms with Crippen LogP contribution in [0.15, 0.2) is 12.1 Å². The number of hydrogen-bond donors (Lipinski definition) is 1. The molecule has 0 fully saturated rings. The van der Waals surface area contributed by atoms with E-state index in [2.05, 4.69) is 10.2 Å². The van der Waals surface area contributed by atoms with Crippen LogP contribution < -0.4 is 5.73 Å². The molecule has 2 unspecified atom stereocenters. The summed E-state index contributed by atoms with van der Waals surface area (Å²) in [5.74, 6) is -1.14. The van der Waals surface area contributed by atoms with E-state index in [1.807, 2.05) is 12.1 Å². The number of benzene rings is 1. The third-order valence-electron chi connectivity index (χ3n) is 5.59. The van der Waals surface area contributed by atoms with E-state index in [1.165, 1.54) is 4.90 Å². The summed E-state index contributed by atoms with van der Waals surface area (Å²) in [4.78, 5) is 14.2. The molecule has 2 N–H and O–H groups in total. The lowest BCUT2D eigenvalue weighted by atomic mass is 9.91. The molecule has 0 spiro atoms. The lowest BCUT2D eigenvalue weighted by molar-refractivity contribution is -0.148. The molecule has 0 radical (unpaired) electrons. The van der Waals surface area contributed by atoms with Crippen LogP contribution in [0.3, 0.4) is 0 Å². The van der Waals surface area contributed by atoms with Crippen LogP contribution in [0.2, 0.25) is 10.0 Å². The fraction of sp³-hybridized carbons (Fsp3) is 0.500. The lowest BCUT2D eigenvalue weighted by Crippen LogP contribution is -2.42. The van der Waals surface area contributed by atoms with Gasteiger partial charge >= 0.3 is 6.18 Å². The molecule has 11 heteroatoms. The number of nitrogens with zero attached hydrogens (tertiary/aromatic N) is 4. The van der Waals surface area contributed by atoms with Crippen molar-refractivity contribution in [1.82, 2.24) is 19.7 Å². The zero-order valence-electron chi connectivity index (χ0n) is 15.2. The van der Waals surface area contributed by atoms with E-state index >= 15 is 0 Å². The average Bonchev–Trinajstić information content (AvgIpc) is 3.25. The molecule has 0 saturated carbocycles.